The molecular weight excluding hydrogens is 394 g/mol. The molecule has 2 aromatic heterocycles. The fraction of sp³-hybridized carbons (Fsp3) is 0.350. The van der Waals surface area contributed by atoms with Gasteiger partial charge in [-0.15, -0.1) is 11.3 Å². The highest BCUT2D eigenvalue weighted by Gasteiger charge is 2.21. The SMILES string of the molecule is CCC[C@H](NC(=O)c1cc2cc(S(=O)(=O)N(C)C)ccc2n1C)c1cccs1. The number of sulfonamides is 1. The lowest BCUT2D eigenvalue weighted by Gasteiger charge is -2.17. The molecule has 1 amide bonds. The molecule has 0 radical (unpaired) electrons. The van der Waals surface area contributed by atoms with Crippen LogP contribution in [0.2, 0.25) is 0 Å². The zero-order valence-corrected chi connectivity index (χ0v) is 18.1. The number of hydrogen-bond donors (Lipinski definition) is 1. The third-order valence-corrected chi connectivity index (χ3v) is 7.59. The number of nitrogens with zero attached hydrogens (tertiary/aromatic N) is 2. The van der Waals surface area contributed by atoms with E-state index in [1.54, 1.807) is 40.2 Å². The minimum atomic E-state index is -3.52. The van der Waals surface area contributed by atoms with E-state index in [0.29, 0.717) is 5.69 Å². The Morgan fingerprint density at radius 3 is 2.61 bits per heavy atom. The van der Waals surface area contributed by atoms with E-state index < -0.39 is 10.0 Å². The smallest absolute Gasteiger partial charge is 0.268 e. The van der Waals surface area contributed by atoms with E-state index in [2.05, 4.69) is 12.2 Å². The van der Waals surface area contributed by atoms with Gasteiger partial charge >= 0.3 is 0 Å². The molecule has 150 valence electrons. The zero-order chi connectivity index (χ0) is 20.5. The molecule has 0 unspecified atom stereocenters. The van der Waals surface area contributed by atoms with Crippen LogP contribution in [0.5, 0.6) is 0 Å². The highest BCUT2D eigenvalue weighted by molar-refractivity contribution is 7.89. The molecule has 6 nitrogen and oxygen atoms in total. The second-order valence-electron chi connectivity index (χ2n) is 6.93. The summed E-state index contributed by atoms with van der Waals surface area (Å²) < 4.78 is 27.8. The molecule has 8 heteroatoms. The van der Waals surface area contributed by atoms with Crippen LogP contribution in [-0.2, 0) is 17.1 Å². The van der Waals surface area contributed by atoms with Gasteiger partial charge in [-0.3, -0.25) is 4.79 Å². The lowest BCUT2D eigenvalue weighted by atomic mass is 10.1. The molecule has 1 aromatic carbocycles. The molecule has 28 heavy (non-hydrogen) atoms. The molecule has 0 aliphatic heterocycles. The first-order valence-electron chi connectivity index (χ1n) is 9.12. The lowest BCUT2D eigenvalue weighted by molar-refractivity contribution is 0.0927. The number of carbonyl (C=O) groups is 1. The quantitative estimate of drug-likeness (QED) is 0.634. The third kappa shape index (κ3) is 3.85. The highest BCUT2D eigenvalue weighted by Crippen LogP contribution is 2.26. The van der Waals surface area contributed by atoms with Crippen molar-refractivity contribution < 1.29 is 13.2 Å². The van der Waals surface area contributed by atoms with Gasteiger partial charge in [0.05, 0.1) is 10.9 Å². The van der Waals surface area contributed by atoms with Gasteiger partial charge in [-0.2, -0.15) is 0 Å². The molecule has 3 aromatic rings. The minimum Gasteiger partial charge on any atom is -0.343 e. The number of carbonyl (C=O) groups excluding carboxylic acids is 1. The van der Waals surface area contributed by atoms with Crippen LogP contribution in [-0.4, -0.2) is 37.3 Å². The van der Waals surface area contributed by atoms with E-state index in [9.17, 15) is 13.2 Å². The van der Waals surface area contributed by atoms with Crippen molar-refractivity contribution in [3.05, 3.63) is 52.3 Å². The van der Waals surface area contributed by atoms with Gasteiger partial charge in [0.25, 0.3) is 5.91 Å². The maximum Gasteiger partial charge on any atom is 0.268 e. The van der Waals surface area contributed by atoms with Crippen LogP contribution < -0.4 is 5.32 Å². The summed E-state index contributed by atoms with van der Waals surface area (Å²) in [6, 6.07) is 10.7. The van der Waals surface area contributed by atoms with E-state index in [0.717, 1.165) is 28.6 Å². The number of nitrogens with one attached hydrogen (secondary N) is 1. The van der Waals surface area contributed by atoms with E-state index in [-0.39, 0.29) is 16.8 Å². The largest absolute Gasteiger partial charge is 0.343 e. The molecule has 0 saturated heterocycles. The van der Waals surface area contributed by atoms with Crippen LogP contribution in [0, 0.1) is 0 Å². The van der Waals surface area contributed by atoms with Gasteiger partial charge in [-0.1, -0.05) is 19.4 Å². The van der Waals surface area contributed by atoms with Gasteiger partial charge in [-0.05, 0) is 42.1 Å². The second-order valence-corrected chi connectivity index (χ2v) is 10.1. The van der Waals surface area contributed by atoms with Gasteiger partial charge in [0.1, 0.15) is 5.69 Å². The average molecular weight is 420 g/mol. The van der Waals surface area contributed by atoms with Crippen molar-refractivity contribution in [1.82, 2.24) is 14.2 Å². The summed E-state index contributed by atoms with van der Waals surface area (Å²) in [5.41, 5.74) is 1.32. The molecule has 0 bridgehead atoms. The van der Waals surface area contributed by atoms with Crippen LogP contribution >= 0.6 is 11.3 Å². The van der Waals surface area contributed by atoms with E-state index in [1.165, 1.54) is 18.4 Å². The van der Waals surface area contributed by atoms with E-state index >= 15 is 0 Å². The monoisotopic (exact) mass is 419 g/mol. The number of hydrogen-bond acceptors (Lipinski definition) is 4. The van der Waals surface area contributed by atoms with Crippen LogP contribution in [0.1, 0.15) is 41.2 Å². The molecule has 0 aliphatic rings. The number of aromatic nitrogens is 1. The Morgan fingerprint density at radius 1 is 1.25 bits per heavy atom. The van der Waals surface area contributed by atoms with Crippen molar-refractivity contribution in [1.29, 1.82) is 0 Å². The van der Waals surface area contributed by atoms with Crippen molar-refractivity contribution >= 4 is 38.2 Å². The lowest BCUT2D eigenvalue weighted by Crippen LogP contribution is -2.29. The number of rotatable bonds is 7. The van der Waals surface area contributed by atoms with Gasteiger partial charge < -0.3 is 9.88 Å². The van der Waals surface area contributed by atoms with Crippen LogP contribution in [0.15, 0.2) is 46.7 Å². The maximum absolute atomic E-state index is 13.0. The van der Waals surface area contributed by atoms with Crippen molar-refractivity contribution in [2.45, 2.75) is 30.7 Å². The Balaban J connectivity index is 1.94. The average Bonchev–Trinajstić information content (AvgIpc) is 3.29. The topological polar surface area (TPSA) is 71.4 Å². The highest BCUT2D eigenvalue weighted by atomic mass is 32.2. The molecule has 0 saturated carbocycles. The Kier molecular flexibility index (Phi) is 5.92. The Bertz CT molecular complexity index is 1080. The van der Waals surface area contributed by atoms with Gasteiger partial charge in [0.2, 0.25) is 10.0 Å². The Hall–Kier alpha value is -2.16. The number of aryl methyl sites for hydroxylation is 1. The van der Waals surface area contributed by atoms with E-state index in [4.69, 9.17) is 0 Å². The molecule has 1 atom stereocenters. The molecule has 0 fully saturated rings. The Labute approximate surface area is 169 Å². The summed E-state index contributed by atoms with van der Waals surface area (Å²) >= 11 is 1.63. The van der Waals surface area contributed by atoms with Crippen LogP contribution in [0.25, 0.3) is 10.9 Å². The normalized spacial score (nSPS) is 13.2. The van der Waals surface area contributed by atoms with Gasteiger partial charge in [0.15, 0.2) is 0 Å². The van der Waals surface area contributed by atoms with Crippen molar-refractivity contribution in [2.24, 2.45) is 7.05 Å². The summed E-state index contributed by atoms with van der Waals surface area (Å²) in [4.78, 5) is 14.3. The fourth-order valence-corrected chi connectivity index (χ4v) is 4.96. The van der Waals surface area contributed by atoms with Crippen LogP contribution in [0.4, 0.5) is 0 Å². The molecule has 1 N–H and O–H groups in total. The molecular formula is C20H25N3O3S2. The van der Waals surface area contributed by atoms with Gasteiger partial charge in [-0.25, -0.2) is 12.7 Å². The summed E-state index contributed by atoms with van der Waals surface area (Å²) in [6.07, 6.45) is 1.82. The molecule has 0 spiro atoms. The molecule has 3 rings (SSSR count). The first-order valence-corrected chi connectivity index (χ1v) is 11.4. The maximum atomic E-state index is 13.0. The predicted molar refractivity (Wildman–Crippen MR) is 113 cm³/mol. The van der Waals surface area contributed by atoms with Crippen molar-refractivity contribution in [3.8, 4) is 0 Å². The van der Waals surface area contributed by atoms with Crippen LogP contribution in [0.3, 0.4) is 0 Å². The number of thiophene rings is 1. The van der Waals surface area contributed by atoms with Crippen molar-refractivity contribution in [2.75, 3.05) is 14.1 Å². The molecule has 2 heterocycles. The second kappa shape index (κ2) is 8.06. The minimum absolute atomic E-state index is 0.0276. The number of benzene rings is 1. The predicted octanol–water partition coefficient (Wildman–Crippen LogP) is 3.76. The Morgan fingerprint density at radius 2 is 2.00 bits per heavy atom. The standard InChI is InChI=1S/C20H25N3O3S2/c1-5-7-16(19-8-6-11-27-19)21-20(24)18-13-14-12-15(28(25,26)22(2)3)9-10-17(14)23(18)4/h6,8-13,16H,5,7H2,1-4H3,(H,21,24)/t16-/m0/s1. The number of fused-ring (bicyclic) bond motifs is 1. The summed E-state index contributed by atoms with van der Waals surface area (Å²) in [5, 5.41) is 5.85. The summed E-state index contributed by atoms with van der Waals surface area (Å²) in [5.74, 6) is -0.164. The van der Waals surface area contributed by atoms with E-state index in [1.807, 2.05) is 24.6 Å². The first-order chi connectivity index (χ1) is 13.3. The first kappa shape index (κ1) is 20.6. The third-order valence-electron chi connectivity index (χ3n) is 4.79. The van der Waals surface area contributed by atoms with Crippen molar-refractivity contribution in [3.63, 3.8) is 0 Å². The fourth-order valence-electron chi connectivity index (χ4n) is 3.21. The summed E-state index contributed by atoms with van der Waals surface area (Å²) in [7, 11) is 1.30. The van der Waals surface area contributed by atoms with Gasteiger partial charge in [0, 0.05) is 36.9 Å². The summed E-state index contributed by atoms with van der Waals surface area (Å²) in [6.45, 7) is 2.09. The number of amides is 1. The zero-order valence-electron chi connectivity index (χ0n) is 16.5. The molecule has 0 aliphatic carbocycles.